The van der Waals surface area contributed by atoms with E-state index in [9.17, 15) is 0 Å². The summed E-state index contributed by atoms with van der Waals surface area (Å²) in [4.78, 5) is 7.35. The number of ether oxygens (including phenoxy) is 2. The summed E-state index contributed by atoms with van der Waals surface area (Å²) >= 11 is 0. The standard InChI is InChI=1S/C20H39N3O2/c1-4-10-20(3)11-6-13-23(17-20)19(21-5-2)22-12-7-14-25-18-8-15-24-16-9-18/h18H,4-17H2,1-3H3,(H,21,22). The third-order valence-corrected chi connectivity index (χ3v) is 5.35. The monoisotopic (exact) mass is 353 g/mol. The van der Waals surface area contributed by atoms with Crippen LogP contribution in [0.15, 0.2) is 4.99 Å². The fraction of sp³-hybridized carbons (Fsp3) is 0.950. The van der Waals surface area contributed by atoms with E-state index in [0.717, 1.165) is 71.2 Å². The molecule has 0 bridgehead atoms. The molecule has 2 aliphatic rings. The Morgan fingerprint density at radius 1 is 1.32 bits per heavy atom. The van der Waals surface area contributed by atoms with Gasteiger partial charge in [0.25, 0.3) is 0 Å². The van der Waals surface area contributed by atoms with Crippen LogP contribution in [0.4, 0.5) is 0 Å². The van der Waals surface area contributed by atoms with E-state index in [-0.39, 0.29) is 0 Å². The molecule has 0 saturated carbocycles. The summed E-state index contributed by atoms with van der Waals surface area (Å²) in [6, 6.07) is 0. The first-order valence-electron chi connectivity index (χ1n) is 10.4. The number of likely N-dealkylation sites (tertiary alicyclic amines) is 1. The van der Waals surface area contributed by atoms with Gasteiger partial charge in [-0.25, -0.2) is 0 Å². The Morgan fingerprint density at radius 3 is 2.84 bits per heavy atom. The van der Waals surface area contributed by atoms with E-state index in [1.165, 1.54) is 25.7 Å². The molecule has 25 heavy (non-hydrogen) atoms. The van der Waals surface area contributed by atoms with Gasteiger partial charge in [-0.05, 0) is 50.9 Å². The van der Waals surface area contributed by atoms with E-state index in [4.69, 9.17) is 14.5 Å². The van der Waals surface area contributed by atoms with Crippen molar-refractivity contribution < 1.29 is 9.47 Å². The van der Waals surface area contributed by atoms with Gasteiger partial charge in [0.05, 0.1) is 6.10 Å². The second-order valence-corrected chi connectivity index (χ2v) is 7.86. The zero-order chi connectivity index (χ0) is 18.0. The first-order valence-corrected chi connectivity index (χ1v) is 10.4. The van der Waals surface area contributed by atoms with E-state index < -0.39 is 0 Å². The average molecular weight is 354 g/mol. The average Bonchev–Trinajstić information content (AvgIpc) is 2.61. The predicted molar refractivity (Wildman–Crippen MR) is 104 cm³/mol. The molecule has 0 amide bonds. The number of nitrogens with one attached hydrogen (secondary N) is 1. The highest BCUT2D eigenvalue weighted by Gasteiger charge is 2.31. The molecule has 5 nitrogen and oxygen atoms in total. The zero-order valence-electron chi connectivity index (χ0n) is 16.7. The molecule has 2 aliphatic heterocycles. The van der Waals surface area contributed by atoms with Gasteiger partial charge in [-0.1, -0.05) is 20.3 Å². The lowest BCUT2D eigenvalue weighted by atomic mass is 9.78. The minimum Gasteiger partial charge on any atom is -0.381 e. The smallest absolute Gasteiger partial charge is 0.193 e. The lowest BCUT2D eigenvalue weighted by molar-refractivity contribution is -0.0318. The van der Waals surface area contributed by atoms with E-state index in [0.29, 0.717) is 11.5 Å². The van der Waals surface area contributed by atoms with Gasteiger partial charge >= 0.3 is 0 Å². The molecular weight excluding hydrogens is 314 g/mol. The zero-order valence-corrected chi connectivity index (χ0v) is 16.7. The molecule has 1 atom stereocenters. The van der Waals surface area contributed by atoms with E-state index >= 15 is 0 Å². The molecule has 2 rings (SSSR count). The molecule has 5 heteroatoms. The highest BCUT2D eigenvalue weighted by Crippen LogP contribution is 2.33. The Kier molecular flexibility index (Phi) is 9.04. The molecule has 2 saturated heterocycles. The molecule has 146 valence electrons. The maximum absolute atomic E-state index is 5.95. The molecule has 1 N–H and O–H groups in total. The summed E-state index contributed by atoms with van der Waals surface area (Å²) in [5.74, 6) is 1.09. The summed E-state index contributed by atoms with van der Waals surface area (Å²) < 4.78 is 11.3. The minimum atomic E-state index is 0.391. The summed E-state index contributed by atoms with van der Waals surface area (Å²) in [7, 11) is 0. The van der Waals surface area contributed by atoms with Gasteiger partial charge in [0, 0.05) is 46.0 Å². The van der Waals surface area contributed by atoms with Crippen LogP contribution in [0.3, 0.4) is 0 Å². The van der Waals surface area contributed by atoms with Crippen LogP contribution in [0.5, 0.6) is 0 Å². The third kappa shape index (κ3) is 7.14. The van der Waals surface area contributed by atoms with E-state index in [2.05, 4.69) is 31.0 Å². The number of hydrogen-bond acceptors (Lipinski definition) is 3. The van der Waals surface area contributed by atoms with Crippen molar-refractivity contribution in [2.45, 2.75) is 71.8 Å². The lowest BCUT2D eigenvalue weighted by Crippen LogP contribution is -2.49. The topological polar surface area (TPSA) is 46.1 Å². The Labute approximate surface area is 154 Å². The van der Waals surface area contributed by atoms with Crippen LogP contribution < -0.4 is 5.32 Å². The van der Waals surface area contributed by atoms with E-state index in [1.54, 1.807) is 0 Å². The minimum absolute atomic E-state index is 0.391. The first kappa shape index (κ1) is 20.5. The van der Waals surface area contributed by atoms with Crippen LogP contribution in [0.1, 0.15) is 65.7 Å². The molecule has 0 aromatic rings. The van der Waals surface area contributed by atoms with Crippen molar-refractivity contribution in [1.29, 1.82) is 0 Å². The quantitative estimate of drug-likeness (QED) is 0.412. The molecule has 0 aromatic carbocycles. The Bertz CT molecular complexity index is 392. The summed E-state index contributed by atoms with van der Waals surface area (Å²) in [6.45, 7) is 13.4. The first-order chi connectivity index (χ1) is 12.2. The molecule has 0 radical (unpaired) electrons. The molecule has 1 unspecified atom stereocenters. The normalized spacial score (nSPS) is 26.0. The number of hydrogen-bond donors (Lipinski definition) is 1. The van der Waals surface area contributed by atoms with Gasteiger partial charge in [-0.2, -0.15) is 0 Å². The van der Waals surface area contributed by atoms with Crippen molar-refractivity contribution in [3.8, 4) is 0 Å². The SMILES string of the molecule is CCCC1(C)CCCN(C(=NCCCOC2CCOCC2)NCC)C1. The van der Waals surface area contributed by atoms with Crippen LogP contribution in [-0.4, -0.2) is 63.0 Å². The highest BCUT2D eigenvalue weighted by molar-refractivity contribution is 5.80. The Balaban J connectivity index is 1.76. The van der Waals surface area contributed by atoms with E-state index in [1.807, 2.05) is 0 Å². The van der Waals surface area contributed by atoms with Crippen molar-refractivity contribution >= 4 is 5.96 Å². The molecular formula is C20H39N3O2. The van der Waals surface area contributed by atoms with Gasteiger partial charge in [0.1, 0.15) is 0 Å². The number of rotatable bonds is 8. The van der Waals surface area contributed by atoms with Crippen molar-refractivity contribution in [3.05, 3.63) is 0 Å². The molecule has 0 spiro atoms. The maximum Gasteiger partial charge on any atom is 0.193 e. The van der Waals surface area contributed by atoms with Gasteiger partial charge < -0.3 is 19.7 Å². The largest absolute Gasteiger partial charge is 0.381 e. The predicted octanol–water partition coefficient (Wildman–Crippen LogP) is 3.44. The molecule has 0 aromatic heterocycles. The second-order valence-electron chi connectivity index (χ2n) is 7.86. The van der Waals surface area contributed by atoms with Gasteiger partial charge in [0.15, 0.2) is 5.96 Å². The lowest BCUT2D eigenvalue weighted by Gasteiger charge is -2.42. The number of aliphatic imine (C=N–C) groups is 1. The van der Waals surface area contributed by atoms with Gasteiger partial charge in [-0.15, -0.1) is 0 Å². The highest BCUT2D eigenvalue weighted by atomic mass is 16.5. The van der Waals surface area contributed by atoms with Crippen molar-refractivity contribution in [2.24, 2.45) is 10.4 Å². The Morgan fingerprint density at radius 2 is 2.12 bits per heavy atom. The van der Waals surface area contributed by atoms with Crippen LogP contribution in [0.25, 0.3) is 0 Å². The number of nitrogens with zero attached hydrogens (tertiary/aromatic N) is 2. The fourth-order valence-electron chi connectivity index (χ4n) is 4.07. The second kappa shape index (κ2) is 11.0. The number of piperidine rings is 1. The summed E-state index contributed by atoms with van der Waals surface area (Å²) in [5.41, 5.74) is 0.440. The van der Waals surface area contributed by atoms with Crippen molar-refractivity contribution in [1.82, 2.24) is 10.2 Å². The van der Waals surface area contributed by atoms with Crippen LogP contribution in [0, 0.1) is 5.41 Å². The van der Waals surface area contributed by atoms with Crippen LogP contribution in [-0.2, 0) is 9.47 Å². The summed E-state index contributed by atoms with van der Waals surface area (Å²) in [6.07, 6.45) is 8.65. The van der Waals surface area contributed by atoms with Crippen molar-refractivity contribution in [3.63, 3.8) is 0 Å². The van der Waals surface area contributed by atoms with Gasteiger partial charge in [-0.3, -0.25) is 4.99 Å². The Hall–Kier alpha value is -0.810. The molecule has 0 aliphatic carbocycles. The third-order valence-electron chi connectivity index (χ3n) is 5.35. The van der Waals surface area contributed by atoms with Gasteiger partial charge in [0.2, 0.25) is 0 Å². The van der Waals surface area contributed by atoms with Crippen LogP contribution >= 0.6 is 0 Å². The van der Waals surface area contributed by atoms with Crippen molar-refractivity contribution in [2.75, 3.05) is 46.0 Å². The molecule has 2 fully saturated rings. The fourth-order valence-corrected chi connectivity index (χ4v) is 4.07. The van der Waals surface area contributed by atoms with Crippen LogP contribution in [0.2, 0.25) is 0 Å². The molecule has 2 heterocycles. The number of guanidine groups is 1. The summed E-state index contributed by atoms with van der Waals surface area (Å²) in [5, 5.41) is 3.49. The maximum atomic E-state index is 5.95.